The number of anilines is 2. The molecule has 0 bridgehead atoms. The van der Waals surface area contributed by atoms with Crippen LogP contribution in [0.4, 0.5) is 20.8 Å². The summed E-state index contributed by atoms with van der Waals surface area (Å²) >= 11 is 0. The van der Waals surface area contributed by atoms with Gasteiger partial charge in [-0.2, -0.15) is 10.2 Å². The van der Waals surface area contributed by atoms with Gasteiger partial charge in [0.05, 0.1) is 18.0 Å². The first-order valence-electron chi connectivity index (χ1n) is 9.78. The number of nitrogens with one attached hydrogen (secondary N) is 3. The van der Waals surface area contributed by atoms with Gasteiger partial charge in [0.1, 0.15) is 11.6 Å². The molecule has 10 nitrogen and oxygen atoms in total. The number of carbonyl (C=O) groups is 1. The van der Waals surface area contributed by atoms with Crippen LogP contribution in [0.1, 0.15) is 37.3 Å². The van der Waals surface area contributed by atoms with E-state index in [9.17, 15) is 9.18 Å². The number of ether oxygens (including phenoxy) is 2. The summed E-state index contributed by atoms with van der Waals surface area (Å²) in [5.74, 6) is 1.04. The van der Waals surface area contributed by atoms with Gasteiger partial charge in [-0.1, -0.05) is 0 Å². The van der Waals surface area contributed by atoms with Gasteiger partial charge in [0.15, 0.2) is 23.9 Å². The van der Waals surface area contributed by atoms with Gasteiger partial charge in [-0.15, -0.1) is 0 Å². The molecular formula is C19H22FN7O3. The third-order valence-electron chi connectivity index (χ3n) is 5.41. The lowest BCUT2D eigenvalue weighted by Gasteiger charge is -2.17. The Kier molecular flexibility index (Phi) is 4.35. The Morgan fingerprint density at radius 1 is 1.43 bits per heavy atom. The van der Waals surface area contributed by atoms with Crippen LogP contribution < -0.4 is 10.6 Å². The zero-order valence-corrected chi connectivity index (χ0v) is 16.6. The fraction of sp³-hybridized carbons (Fsp3) is 0.474. The second kappa shape index (κ2) is 6.94. The van der Waals surface area contributed by atoms with E-state index < -0.39 is 24.5 Å². The molecular weight excluding hydrogens is 393 g/mol. The molecule has 2 aliphatic rings. The maximum absolute atomic E-state index is 14.9. The molecule has 2 fully saturated rings. The van der Waals surface area contributed by atoms with Crippen molar-refractivity contribution < 1.29 is 18.7 Å². The molecule has 0 aromatic carbocycles. The Morgan fingerprint density at radius 2 is 2.27 bits per heavy atom. The van der Waals surface area contributed by atoms with Crippen molar-refractivity contribution in [3.8, 4) is 0 Å². The summed E-state index contributed by atoms with van der Waals surface area (Å²) in [6.45, 7) is 3.80. The molecule has 3 atom stereocenters. The van der Waals surface area contributed by atoms with Crippen LogP contribution in [-0.4, -0.2) is 55.3 Å². The fourth-order valence-electron chi connectivity index (χ4n) is 3.47. The molecule has 0 spiro atoms. The number of amides is 1. The standard InChI is InChI=1S/C19H22FN7O3/c1-10-7-12-17(21-5-6-27(12)26-10)22-14-8-11(24-25-14)16-15(20)13(9-29-16)30-18(28)23-19(2)3-4-19/h5-8,13,15-16H,3-4,9H2,1-2H3,(H,23,28)(H2,21,22,24,25)/t13-,15+,16-/m0/s1. The molecule has 5 rings (SSSR count). The molecule has 0 radical (unpaired) electrons. The molecule has 1 saturated heterocycles. The number of aromatic nitrogens is 5. The minimum Gasteiger partial charge on any atom is -0.441 e. The van der Waals surface area contributed by atoms with Crippen LogP contribution in [0.2, 0.25) is 0 Å². The van der Waals surface area contributed by atoms with E-state index in [4.69, 9.17) is 9.47 Å². The number of halogens is 1. The number of fused-ring (bicyclic) bond motifs is 1. The van der Waals surface area contributed by atoms with E-state index in [-0.39, 0.29) is 12.1 Å². The molecule has 0 unspecified atom stereocenters. The van der Waals surface area contributed by atoms with E-state index in [1.807, 2.05) is 19.9 Å². The van der Waals surface area contributed by atoms with Crippen molar-refractivity contribution >= 4 is 23.2 Å². The Hall–Kier alpha value is -3.21. The normalized spacial score (nSPS) is 24.7. The van der Waals surface area contributed by atoms with Gasteiger partial charge in [-0.25, -0.2) is 18.7 Å². The van der Waals surface area contributed by atoms with Crippen LogP contribution in [0.5, 0.6) is 0 Å². The smallest absolute Gasteiger partial charge is 0.408 e. The van der Waals surface area contributed by atoms with Crippen LogP contribution in [0.15, 0.2) is 24.5 Å². The summed E-state index contributed by atoms with van der Waals surface area (Å²) in [5, 5.41) is 17.2. The van der Waals surface area contributed by atoms with Crippen molar-refractivity contribution in [2.75, 3.05) is 11.9 Å². The summed E-state index contributed by atoms with van der Waals surface area (Å²) in [6.07, 6.45) is 1.19. The Bertz CT molecular complexity index is 1090. The highest BCUT2D eigenvalue weighted by molar-refractivity contribution is 5.72. The van der Waals surface area contributed by atoms with E-state index in [1.165, 1.54) is 0 Å². The number of aryl methyl sites for hydroxylation is 1. The molecule has 3 aromatic rings. The number of rotatable bonds is 5. The zero-order chi connectivity index (χ0) is 20.9. The molecule has 3 N–H and O–H groups in total. The van der Waals surface area contributed by atoms with Crippen LogP contribution in [0.3, 0.4) is 0 Å². The SMILES string of the molecule is Cc1cc2c(Nc3cc([C@@H]4OC[C@H](OC(=O)NC5(C)CC5)[C@H]4F)[nH]n3)nccn2n1. The number of aromatic amines is 1. The number of hydrogen-bond acceptors (Lipinski definition) is 7. The topological polar surface area (TPSA) is 118 Å². The van der Waals surface area contributed by atoms with E-state index in [1.54, 1.807) is 23.0 Å². The number of hydrogen-bond donors (Lipinski definition) is 3. The van der Waals surface area contributed by atoms with Crippen LogP contribution >= 0.6 is 0 Å². The van der Waals surface area contributed by atoms with Gasteiger partial charge in [0, 0.05) is 24.0 Å². The number of alkyl halides is 1. The van der Waals surface area contributed by atoms with Crippen molar-refractivity contribution in [3.05, 3.63) is 35.9 Å². The van der Waals surface area contributed by atoms with Crippen molar-refractivity contribution in [1.29, 1.82) is 0 Å². The number of H-pyrrole nitrogens is 1. The first-order chi connectivity index (χ1) is 14.4. The lowest BCUT2D eigenvalue weighted by molar-refractivity contribution is 0.0604. The molecule has 4 heterocycles. The van der Waals surface area contributed by atoms with Gasteiger partial charge < -0.3 is 20.1 Å². The van der Waals surface area contributed by atoms with E-state index in [0.29, 0.717) is 17.3 Å². The van der Waals surface area contributed by atoms with Crippen molar-refractivity contribution in [1.82, 2.24) is 30.1 Å². The van der Waals surface area contributed by atoms with Gasteiger partial charge in [-0.3, -0.25) is 5.10 Å². The molecule has 1 saturated carbocycles. The number of alkyl carbamates (subject to hydrolysis) is 1. The van der Waals surface area contributed by atoms with Gasteiger partial charge in [0.2, 0.25) is 0 Å². The number of carbonyl (C=O) groups excluding carboxylic acids is 1. The van der Waals surface area contributed by atoms with Crippen molar-refractivity contribution in [3.63, 3.8) is 0 Å². The molecule has 1 aliphatic heterocycles. The summed E-state index contributed by atoms with van der Waals surface area (Å²) < 4.78 is 27.3. The maximum Gasteiger partial charge on any atom is 0.408 e. The summed E-state index contributed by atoms with van der Waals surface area (Å²) in [4.78, 5) is 16.3. The lowest BCUT2D eigenvalue weighted by Crippen LogP contribution is -2.39. The van der Waals surface area contributed by atoms with E-state index in [2.05, 4.69) is 30.9 Å². The molecule has 3 aromatic heterocycles. The van der Waals surface area contributed by atoms with Crippen LogP contribution in [0.25, 0.3) is 5.52 Å². The largest absolute Gasteiger partial charge is 0.441 e. The summed E-state index contributed by atoms with van der Waals surface area (Å²) in [5.41, 5.74) is 1.88. The average Bonchev–Trinajstić information content (AvgIpc) is 3.03. The highest BCUT2D eigenvalue weighted by Gasteiger charge is 2.44. The van der Waals surface area contributed by atoms with E-state index >= 15 is 0 Å². The third kappa shape index (κ3) is 3.56. The molecule has 11 heteroatoms. The molecule has 30 heavy (non-hydrogen) atoms. The van der Waals surface area contributed by atoms with Gasteiger partial charge >= 0.3 is 6.09 Å². The first kappa shape index (κ1) is 18.8. The van der Waals surface area contributed by atoms with Crippen molar-refractivity contribution in [2.24, 2.45) is 0 Å². The molecule has 1 amide bonds. The van der Waals surface area contributed by atoms with Gasteiger partial charge in [-0.05, 0) is 32.8 Å². The Morgan fingerprint density at radius 3 is 3.07 bits per heavy atom. The Balaban J connectivity index is 1.25. The number of nitrogens with zero attached hydrogens (tertiary/aromatic N) is 4. The van der Waals surface area contributed by atoms with Gasteiger partial charge in [0.25, 0.3) is 0 Å². The predicted molar refractivity (Wildman–Crippen MR) is 104 cm³/mol. The Labute approximate surface area is 171 Å². The van der Waals surface area contributed by atoms with Crippen LogP contribution in [0, 0.1) is 6.92 Å². The summed E-state index contributed by atoms with van der Waals surface area (Å²) in [7, 11) is 0. The monoisotopic (exact) mass is 415 g/mol. The zero-order valence-electron chi connectivity index (χ0n) is 16.6. The molecule has 158 valence electrons. The highest BCUT2D eigenvalue weighted by atomic mass is 19.1. The maximum atomic E-state index is 14.9. The second-order valence-electron chi connectivity index (χ2n) is 8.05. The van der Waals surface area contributed by atoms with E-state index in [0.717, 1.165) is 24.1 Å². The highest BCUT2D eigenvalue weighted by Crippen LogP contribution is 2.36. The minimum atomic E-state index is -1.50. The fourth-order valence-corrected chi connectivity index (χ4v) is 3.47. The predicted octanol–water partition coefficient (Wildman–Crippen LogP) is 2.56. The quantitative estimate of drug-likeness (QED) is 0.586. The summed E-state index contributed by atoms with van der Waals surface area (Å²) in [6, 6.07) is 3.55. The van der Waals surface area contributed by atoms with Crippen LogP contribution in [-0.2, 0) is 9.47 Å². The second-order valence-corrected chi connectivity index (χ2v) is 8.05. The lowest BCUT2D eigenvalue weighted by atomic mass is 10.1. The minimum absolute atomic E-state index is 0.0201. The third-order valence-corrected chi connectivity index (χ3v) is 5.41. The molecule has 1 aliphatic carbocycles. The first-order valence-corrected chi connectivity index (χ1v) is 9.78. The average molecular weight is 415 g/mol. The van der Waals surface area contributed by atoms with Crippen molar-refractivity contribution in [2.45, 2.75) is 50.6 Å².